The summed E-state index contributed by atoms with van der Waals surface area (Å²) < 4.78 is 0. The van der Waals surface area contributed by atoms with E-state index in [-0.39, 0.29) is 11.9 Å². The van der Waals surface area contributed by atoms with Crippen molar-refractivity contribution in [1.29, 1.82) is 5.41 Å². The first-order chi connectivity index (χ1) is 9.61. The maximum absolute atomic E-state index is 7.67. The van der Waals surface area contributed by atoms with Gasteiger partial charge in [0.1, 0.15) is 0 Å². The predicted molar refractivity (Wildman–Crippen MR) is 84.0 cm³/mol. The van der Waals surface area contributed by atoms with Crippen molar-refractivity contribution in [3.8, 4) is 0 Å². The van der Waals surface area contributed by atoms with Crippen LogP contribution < -0.4 is 5.73 Å². The molecule has 2 rings (SSSR count). The molecule has 0 amide bonds. The molecular weight excluding hydrogens is 248 g/mol. The minimum Gasteiger partial charge on any atom is -0.388 e. The van der Waals surface area contributed by atoms with Crippen LogP contribution in [0.3, 0.4) is 0 Å². The van der Waals surface area contributed by atoms with Crippen molar-refractivity contribution < 1.29 is 0 Å². The van der Waals surface area contributed by atoms with E-state index < -0.39 is 0 Å². The zero-order valence-corrected chi connectivity index (χ0v) is 12.5. The van der Waals surface area contributed by atoms with E-state index in [9.17, 15) is 0 Å². The molecule has 1 saturated heterocycles. The molecule has 0 radical (unpaired) electrons. The highest BCUT2D eigenvalue weighted by Gasteiger charge is 2.29. The fraction of sp³-hybridized carbons (Fsp3) is 0.562. The molecule has 2 unspecified atom stereocenters. The van der Waals surface area contributed by atoms with E-state index in [4.69, 9.17) is 11.1 Å². The Bertz CT molecular complexity index is 431. The summed E-state index contributed by atoms with van der Waals surface area (Å²) in [6, 6.07) is 11.3. The number of nitrogens with one attached hydrogen (secondary N) is 1. The van der Waals surface area contributed by atoms with Crippen LogP contribution in [-0.2, 0) is 0 Å². The Morgan fingerprint density at radius 3 is 2.65 bits per heavy atom. The Labute approximate surface area is 122 Å². The Hall–Kier alpha value is -1.39. The van der Waals surface area contributed by atoms with E-state index >= 15 is 0 Å². The summed E-state index contributed by atoms with van der Waals surface area (Å²) in [5.74, 6) is 0.269. The number of piperazine rings is 1. The molecule has 3 N–H and O–H groups in total. The molecule has 0 bridgehead atoms. The minimum absolute atomic E-state index is 0.233. The lowest BCUT2D eigenvalue weighted by molar-refractivity contribution is 0.0638. The molecule has 1 aliphatic heterocycles. The zero-order chi connectivity index (χ0) is 14.5. The molecule has 0 aliphatic carbocycles. The van der Waals surface area contributed by atoms with Gasteiger partial charge in [-0.25, -0.2) is 0 Å². The second kappa shape index (κ2) is 6.86. The lowest BCUT2D eigenvalue weighted by Crippen LogP contribution is -2.52. The highest BCUT2D eigenvalue weighted by molar-refractivity contribution is 5.77. The molecule has 4 nitrogen and oxygen atoms in total. The minimum atomic E-state index is 0.233. The van der Waals surface area contributed by atoms with Crippen LogP contribution in [-0.4, -0.2) is 48.4 Å². The molecule has 1 heterocycles. The number of nitrogens with two attached hydrogens (primary N) is 1. The quantitative estimate of drug-likeness (QED) is 0.638. The van der Waals surface area contributed by atoms with Crippen LogP contribution in [0.4, 0.5) is 0 Å². The summed E-state index contributed by atoms with van der Waals surface area (Å²) in [6.45, 7) is 5.42. The largest absolute Gasteiger partial charge is 0.388 e. The summed E-state index contributed by atoms with van der Waals surface area (Å²) in [5.41, 5.74) is 6.94. The third-order valence-electron chi connectivity index (χ3n) is 4.32. The predicted octanol–water partition coefficient (Wildman–Crippen LogP) is 2.08. The molecule has 2 atom stereocenters. The third kappa shape index (κ3) is 3.58. The Morgan fingerprint density at radius 2 is 2.05 bits per heavy atom. The molecular formula is C16H26N4. The van der Waals surface area contributed by atoms with Crippen molar-refractivity contribution in [1.82, 2.24) is 9.80 Å². The average molecular weight is 274 g/mol. The number of amidine groups is 1. The second-order valence-corrected chi connectivity index (χ2v) is 5.69. The van der Waals surface area contributed by atoms with Crippen molar-refractivity contribution in [3.63, 3.8) is 0 Å². The van der Waals surface area contributed by atoms with Crippen molar-refractivity contribution in [2.75, 3.05) is 26.7 Å². The lowest BCUT2D eigenvalue weighted by atomic mass is 9.99. The molecule has 1 fully saturated rings. The molecule has 1 aromatic rings. The molecule has 0 spiro atoms. The van der Waals surface area contributed by atoms with Gasteiger partial charge < -0.3 is 10.6 Å². The van der Waals surface area contributed by atoms with E-state index in [0.717, 1.165) is 26.1 Å². The molecule has 0 saturated carbocycles. The fourth-order valence-corrected chi connectivity index (χ4v) is 3.04. The van der Waals surface area contributed by atoms with E-state index in [1.165, 1.54) is 5.56 Å². The van der Waals surface area contributed by atoms with E-state index in [0.29, 0.717) is 12.5 Å². The van der Waals surface area contributed by atoms with E-state index in [1.54, 1.807) is 0 Å². The van der Waals surface area contributed by atoms with Crippen molar-refractivity contribution in [3.05, 3.63) is 35.9 Å². The highest BCUT2D eigenvalue weighted by Crippen LogP contribution is 2.27. The fourth-order valence-electron chi connectivity index (χ4n) is 3.04. The van der Waals surface area contributed by atoms with Gasteiger partial charge in [-0.3, -0.25) is 10.3 Å². The summed E-state index contributed by atoms with van der Waals surface area (Å²) >= 11 is 0. The highest BCUT2D eigenvalue weighted by atomic mass is 15.3. The molecule has 0 aromatic heterocycles. The topological polar surface area (TPSA) is 56.4 Å². The third-order valence-corrected chi connectivity index (χ3v) is 4.32. The number of likely N-dealkylation sites (N-methyl/N-ethyl adjacent to an activating group) is 1. The van der Waals surface area contributed by atoms with Gasteiger partial charge in [-0.1, -0.05) is 37.3 Å². The monoisotopic (exact) mass is 274 g/mol. The standard InChI is InChI=1S/C16H26N4/c1-3-14-12-20(10-9-19(14)2)15(11-16(17)18)13-7-5-4-6-8-13/h4-8,14-15H,3,9-12H2,1-2H3,(H3,17,18). The molecule has 1 aliphatic rings. The molecule has 110 valence electrons. The number of hydrogen-bond acceptors (Lipinski definition) is 3. The smallest absolute Gasteiger partial charge is 0.0924 e. The van der Waals surface area contributed by atoms with Gasteiger partial charge in [0, 0.05) is 38.1 Å². The van der Waals surface area contributed by atoms with E-state index in [2.05, 4.69) is 48.0 Å². The normalized spacial score (nSPS) is 22.6. The number of nitrogens with zero attached hydrogens (tertiary/aromatic N) is 2. The van der Waals surface area contributed by atoms with Gasteiger partial charge in [-0.2, -0.15) is 0 Å². The Morgan fingerprint density at radius 1 is 1.35 bits per heavy atom. The van der Waals surface area contributed by atoms with Gasteiger partial charge in [0.2, 0.25) is 0 Å². The average Bonchev–Trinajstić information content (AvgIpc) is 2.46. The van der Waals surface area contributed by atoms with Gasteiger partial charge in [-0.15, -0.1) is 0 Å². The van der Waals surface area contributed by atoms with Crippen molar-refractivity contribution in [2.24, 2.45) is 5.73 Å². The maximum atomic E-state index is 7.67. The maximum Gasteiger partial charge on any atom is 0.0924 e. The number of rotatable bonds is 5. The van der Waals surface area contributed by atoms with Crippen LogP contribution in [0.2, 0.25) is 0 Å². The first-order valence-corrected chi connectivity index (χ1v) is 7.44. The lowest BCUT2D eigenvalue weighted by Gasteiger charge is -2.43. The zero-order valence-electron chi connectivity index (χ0n) is 12.5. The number of hydrogen-bond donors (Lipinski definition) is 2. The summed E-state index contributed by atoms with van der Waals surface area (Å²) in [4.78, 5) is 4.93. The van der Waals surface area contributed by atoms with Crippen LogP contribution in [0.15, 0.2) is 30.3 Å². The van der Waals surface area contributed by atoms with Crippen LogP contribution in [0, 0.1) is 5.41 Å². The van der Waals surface area contributed by atoms with Gasteiger partial charge >= 0.3 is 0 Å². The van der Waals surface area contributed by atoms with Gasteiger partial charge in [0.15, 0.2) is 0 Å². The van der Waals surface area contributed by atoms with Gasteiger partial charge in [0.05, 0.1) is 5.84 Å². The second-order valence-electron chi connectivity index (χ2n) is 5.69. The van der Waals surface area contributed by atoms with Crippen molar-refractivity contribution >= 4 is 5.84 Å². The molecule has 1 aromatic carbocycles. The van der Waals surface area contributed by atoms with Crippen LogP contribution in [0.25, 0.3) is 0 Å². The summed E-state index contributed by atoms with van der Waals surface area (Å²) in [7, 11) is 2.20. The van der Waals surface area contributed by atoms with Gasteiger partial charge in [-0.05, 0) is 19.0 Å². The van der Waals surface area contributed by atoms with Crippen LogP contribution >= 0.6 is 0 Å². The summed E-state index contributed by atoms with van der Waals surface area (Å²) in [6.07, 6.45) is 1.78. The summed E-state index contributed by atoms with van der Waals surface area (Å²) in [5, 5.41) is 7.67. The van der Waals surface area contributed by atoms with E-state index in [1.807, 2.05) is 6.07 Å². The van der Waals surface area contributed by atoms with Crippen LogP contribution in [0.1, 0.15) is 31.4 Å². The SMILES string of the molecule is CCC1CN(C(CC(=N)N)c2ccccc2)CCN1C. The molecule has 4 heteroatoms. The number of benzene rings is 1. The first-order valence-electron chi connectivity index (χ1n) is 7.44. The Kier molecular flexibility index (Phi) is 5.15. The van der Waals surface area contributed by atoms with Crippen molar-refractivity contribution in [2.45, 2.75) is 31.8 Å². The first kappa shape index (κ1) is 15.0. The molecule has 20 heavy (non-hydrogen) atoms. The van der Waals surface area contributed by atoms with Crippen LogP contribution in [0.5, 0.6) is 0 Å². The van der Waals surface area contributed by atoms with Gasteiger partial charge in [0.25, 0.3) is 0 Å². The Balaban J connectivity index is 2.17.